The largest absolute Gasteiger partial charge is 0.326 e. The van der Waals surface area contributed by atoms with Crippen LogP contribution in [0, 0.1) is 5.92 Å². The summed E-state index contributed by atoms with van der Waals surface area (Å²) in [4.78, 5) is 12.1. The minimum absolute atomic E-state index is 0.00106. The molecule has 1 aromatic heterocycles. The Morgan fingerprint density at radius 1 is 1.20 bits per heavy atom. The average molecular weight is 267 g/mol. The van der Waals surface area contributed by atoms with E-state index in [2.05, 4.69) is 5.32 Å². The van der Waals surface area contributed by atoms with E-state index in [1.165, 1.54) is 0 Å². The van der Waals surface area contributed by atoms with Crippen molar-refractivity contribution >= 4 is 11.6 Å². The van der Waals surface area contributed by atoms with Gasteiger partial charge in [0.15, 0.2) is 0 Å². The van der Waals surface area contributed by atoms with Crippen molar-refractivity contribution in [2.45, 2.75) is 12.5 Å². The van der Waals surface area contributed by atoms with Crippen molar-refractivity contribution in [3.63, 3.8) is 0 Å². The van der Waals surface area contributed by atoms with Crippen molar-refractivity contribution in [1.82, 2.24) is 4.57 Å². The second-order valence-electron chi connectivity index (χ2n) is 5.02. The van der Waals surface area contributed by atoms with E-state index in [1.54, 1.807) is 0 Å². The molecule has 20 heavy (non-hydrogen) atoms. The summed E-state index contributed by atoms with van der Waals surface area (Å²) in [5, 5.41) is 2.95. The van der Waals surface area contributed by atoms with E-state index >= 15 is 0 Å². The van der Waals surface area contributed by atoms with Crippen LogP contribution in [-0.2, 0) is 4.79 Å². The highest BCUT2D eigenvalue weighted by Crippen LogP contribution is 2.20. The molecule has 0 fully saturated rings. The lowest BCUT2D eigenvalue weighted by molar-refractivity contribution is -0.118. The normalized spacial score (nSPS) is 21.1. The molecule has 0 bridgehead atoms. The fourth-order valence-corrected chi connectivity index (χ4v) is 2.41. The van der Waals surface area contributed by atoms with Gasteiger partial charge < -0.3 is 15.6 Å². The van der Waals surface area contributed by atoms with Crippen molar-refractivity contribution in [2.24, 2.45) is 11.7 Å². The first-order chi connectivity index (χ1) is 9.72. The van der Waals surface area contributed by atoms with E-state index in [4.69, 9.17) is 5.73 Å². The minimum atomic E-state index is -0.125. The molecule has 4 nitrogen and oxygen atoms in total. The predicted octanol–water partition coefficient (Wildman–Crippen LogP) is 2.32. The molecular formula is C16H17N3O. The molecule has 102 valence electrons. The molecule has 0 radical (unpaired) electrons. The van der Waals surface area contributed by atoms with Crippen LogP contribution in [0.15, 0.2) is 60.9 Å². The van der Waals surface area contributed by atoms with Gasteiger partial charge in [-0.25, -0.2) is 0 Å². The smallest absolute Gasteiger partial charge is 0.231 e. The summed E-state index contributed by atoms with van der Waals surface area (Å²) in [6.45, 7) is 0. The van der Waals surface area contributed by atoms with Gasteiger partial charge in [-0.3, -0.25) is 4.79 Å². The average Bonchev–Trinajstić information content (AvgIpc) is 3.10. The van der Waals surface area contributed by atoms with Crippen LogP contribution in [0.3, 0.4) is 0 Å². The summed E-state index contributed by atoms with van der Waals surface area (Å²) in [5.74, 6) is -0.126. The molecule has 0 spiro atoms. The van der Waals surface area contributed by atoms with Crippen LogP contribution >= 0.6 is 0 Å². The fraction of sp³-hybridized carbons (Fsp3) is 0.188. The number of amides is 1. The van der Waals surface area contributed by atoms with Crippen LogP contribution in [0.2, 0.25) is 0 Å². The zero-order valence-electron chi connectivity index (χ0n) is 11.1. The third-order valence-electron chi connectivity index (χ3n) is 3.47. The Morgan fingerprint density at radius 2 is 2.00 bits per heavy atom. The second kappa shape index (κ2) is 5.35. The maximum absolute atomic E-state index is 12.1. The molecule has 2 atom stereocenters. The summed E-state index contributed by atoms with van der Waals surface area (Å²) in [6.07, 6.45) is 8.40. The third kappa shape index (κ3) is 2.65. The van der Waals surface area contributed by atoms with Gasteiger partial charge in [-0.2, -0.15) is 0 Å². The maximum atomic E-state index is 12.1. The zero-order chi connectivity index (χ0) is 13.9. The topological polar surface area (TPSA) is 60.1 Å². The van der Waals surface area contributed by atoms with E-state index in [9.17, 15) is 4.79 Å². The number of nitrogens with one attached hydrogen (secondary N) is 1. The van der Waals surface area contributed by atoms with Crippen LogP contribution in [0.1, 0.15) is 6.42 Å². The van der Waals surface area contributed by atoms with Gasteiger partial charge in [0.2, 0.25) is 5.91 Å². The van der Waals surface area contributed by atoms with Gasteiger partial charge in [0.1, 0.15) is 0 Å². The standard InChI is InChI=1S/C16H17N3O/c17-13-7-6-12(10-13)16(20)18-14-4-3-5-15(11-14)19-8-1-2-9-19/h1-9,11-13H,10,17H2,(H,18,20). The van der Waals surface area contributed by atoms with Gasteiger partial charge in [0, 0.05) is 29.8 Å². The number of carbonyl (C=O) groups is 1. The van der Waals surface area contributed by atoms with Crippen LogP contribution < -0.4 is 11.1 Å². The first kappa shape index (κ1) is 12.7. The molecule has 0 saturated heterocycles. The molecule has 2 aromatic rings. The molecule has 0 saturated carbocycles. The first-order valence-corrected chi connectivity index (χ1v) is 6.70. The van der Waals surface area contributed by atoms with Crippen LogP contribution in [0.5, 0.6) is 0 Å². The number of hydrogen-bond donors (Lipinski definition) is 2. The SMILES string of the molecule is NC1C=CC(C(=O)Nc2cccc(-n3cccc3)c2)C1. The highest BCUT2D eigenvalue weighted by Gasteiger charge is 2.22. The minimum Gasteiger partial charge on any atom is -0.326 e. The predicted molar refractivity (Wildman–Crippen MR) is 79.6 cm³/mol. The lowest BCUT2D eigenvalue weighted by atomic mass is 10.1. The number of aromatic nitrogens is 1. The van der Waals surface area contributed by atoms with Crippen molar-refractivity contribution in [3.8, 4) is 5.69 Å². The molecule has 0 aliphatic heterocycles. The molecule has 3 rings (SSSR count). The maximum Gasteiger partial charge on any atom is 0.231 e. The summed E-state index contributed by atoms with van der Waals surface area (Å²) in [5.41, 5.74) is 7.60. The molecule has 1 aliphatic rings. The number of nitrogens with zero attached hydrogens (tertiary/aromatic N) is 1. The molecule has 4 heteroatoms. The monoisotopic (exact) mass is 267 g/mol. The van der Waals surface area contributed by atoms with Crippen LogP contribution in [-0.4, -0.2) is 16.5 Å². The van der Waals surface area contributed by atoms with Gasteiger partial charge in [0.05, 0.1) is 5.92 Å². The van der Waals surface area contributed by atoms with E-state index in [0.29, 0.717) is 6.42 Å². The Kier molecular flexibility index (Phi) is 3.39. The number of nitrogens with two attached hydrogens (primary N) is 1. The van der Waals surface area contributed by atoms with E-state index in [0.717, 1.165) is 11.4 Å². The Labute approximate surface area is 117 Å². The third-order valence-corrected chi connectivity index (χ3v) is 3.47. The van der Waals surface area contributed by atoms with Gasteiger partial charge >= 0.3 is 0 Å². The molecule has 2 unspecified atom stereocenters. The molecule has 3 N–H and O–H groups in total. The quantitative estimate of drug-likeness (QED) is 0.838. The fourth-order valence-electron chi connectivity index (χ4n) is 2.41. The molecule has 1 amide bonds. The van der Waals surface area contributed by atoms with Gasteiger partial charge in [0.25, 0.3) is 0 Å². The Balaban J connectivity index is 1.73. The Hall–Kier alpha value is -2.33. The second-order valence-corrected chi connectivity index (χ2v) is 5.02. The number of benzene rings is 1. The van der Waals surface area contributed by atoms with Crippen molar-refractivity contribution in [1.29, 1.82) is 0 Å². The lowest BCUT2D eigenvalue weighted by Crippen LogP contribution is -2.24. The van der Waals surface area contributed by atoms with Crippen molar-refractivity contribution in [3.05, 3.63) is 60.9 Å². The van der Waals surface area contributed by atoms with Gasteiger partial charge in [-0.15, -0.1) is 0 Å². The van der Waals surface area contributed by atoms with Gasteiger partial charge in [-0.1, -0.05) is 18.2 Å². The number of hydrogen-bond acceptors (Lipinski definition) is 2. The first-order valence-electron chi connectivity index (χ1n) is 6.70. The molecule has 1 aliphatic carbocycles. The summed E-state index contributed by atoms with van der Waals surface area (Å²) < 4.78 is 2.00. The molecule has 1 heterocycles. The number of anilines is 1. The highest BCUT2D eigenvalue weighted by molar-refractivity contribution is 5.94. The van der Waals surface area contributed by atoms with Gasteiger partial charge in [-0.05, 0) is 36.8 Å². The highest BCUT2D eigenvalue weighted by atomic mass is 16.1. The summed E-state index contributed by atoms with van der Waals surface area (Å²) >= 11 is 0. The Morgan fingerprint density at radius 3 is 2.70 bits per heavy atom. The van der Waals surface area contributed by atoms with Crippen molar-refractivity contribution < 1.29 is 4.79 Å². The summed E-state index contributed by atoms with van der Waals surface area (Å²) in [6, 6.07) is 11.7. The molecular weight excluding hydrogens is 250 g/mol. The van der Waals surface area contributed by atoms with E-state index in [-0.39, 0.29) is 17.9 Å². The zero-order valence-corrected chi connectivity index (χ0v) is 11.1. The van der Waals surface area contributed by atoms with E-state index in [1.807, 2.05) is 65.5 Å². The lowest BCUT2D eigenvalue weighted by Gasteiger charge is -2.12. The van der Waals surface area contributed by atoms with Crippen molar-refractivity contribution in [2.75, 3.05) is 5.32 Å². The number of rotatable bonds is 3. The van der Waals surface area contributed by atoms with Crippen LogP contribution in [0.4, 0.5) is 5.69 Å². The van der Waals surface area contributed by atoms with E-state index < -0.39 is 0 Å². The van der Waals surface area contributed by atoms with Crippen LogP contribution in [0.25, 0.3) is 5.69 Å². The Bertz CT molecular complexity index is 631. The number of carbonyl (C=O) groups excluding carboxylic acids is 1. The molecule has 1 aromatic carbocycles. The summed E-state index contributed by atoms with van der Waals surface area (Å²) in [7, 11) is 0.